The zero-order chi connectivity index (χ0) is 43.3. The highest BCUT2D eigenvalue weighted by Crippen LogP contribution is 2.50. The van der Waals surface area contributed by atoms with Crippen molar-refractivity contribution in [1.82, 2.24) is 0 Å². The average Bonchev–Trinajstić information content (AvgIpc) is 3.37. The van der Waals surface area contributed by atoms with Gasteiger partial charge in [-0.2, -0.15) is 0 Å². The van der Waals surface area contributed by atoms with E-state index < -0.39 is 0 Å². The number of rotatable bonds is 7. The molecule has 0 nitrogen and oxygen atoms in total. The molecule has 0 N–H and O–H groups in total. The molecule has 11 rings (SSSR count). The number of hydrogen-bond donors (Lipinski definition) is 0. The van der Waals surface area contributed by atoms with Crippen molar-refractivity contribution >= 4 is 32.3 Å². The molecule has 0 saturated heterocycles. The highest BCUT2D eigenvalue weighted by atomic mass is 14.3. The molecule has 0 radical (unpaired) electrons. The van der Waals surface area contributed by atoms with E-state index in [1.54, 1.807) is 0 Å². The lowest BCUT2D eigenvalue weighted by Gasteiger charge is -2.23. The molecule has 11 aromatic rings. The van der Waals surface area contributed by atoms with Crippen molar-refractivity contribution in [3.05, 3.63) is 243 Å². The van der Waals surface area contributed by atoms with Gasteiger partial charge < -0.3 is 0 Å². The third-order valence-corrected chi connectivity index (χ3v) is 11.8. The zero-order valence-electron chi connectivity index (χ0n) is 36.8. The molecular weight excluding hydrogens is 721 g/mol. The van der Waals surface area contributed by atoms with Gasteiger partial charge in [0.25, 0.3) is 0 Å². The van der Waals surface area contributed by atoms with Crippen LogP contribution in [0.5, 0.6) is 0 Å². The second kappa shape index (κ2) is 15.2. The fraction of sp³-hybridized carbons (Fsp3) is 0. The van der Waals surface area contributed by atoms with Crippen LogP contribution in [-0.4, -0.2) is 0 Å². The molecule has 60 heavy (non-hydrogen) atoms. The first-order valence-electron chi connectivity index (χ1n) is 22.4. The molecule has 0 aliphatic carbocycles. The maximum atomic E-state index is 9.94. The van der Waals surface area contributed by atoms with Gasteiger partial charge in [0.2, 0.25) is 0 Å². The summed E-state index contributed by atoms with van der Waals surface area (Å²) in [5, 5.41) is 5.05. The van der Waals surface area contributed by atoms with Crippen LogP contribution < -0.4 is 0 Å². The molecule has 0 unspecified atom stereocenters. The van der Waals surface area contributed by atoms with E-state index in [-0.39, 0.29) is 24.2 Å². The van der Waals surface area contributed by atoms with Gasteiger partial charge in [-0.05, 0) is 122 Å². The Balaban J connectivity index is 1.33. The molecule has 0 fully saturated rings. The highest BCUT2D eigenvalue weighted by molar-refractivity contribution is 6.24. The Hall–Kier alpha value is -7.80. The summed E-state index contributed by atoms with van der Waals surface area (Å²) in [5.41, 5.74) is 13.7. The summed E-state index contributed by atoms with van der Waals surface area (Å²) in [4.78, 5) is 0. The van der Waals surface area contributed by atoms with Crippen LogP contribution in [0.3, 0.4) is 0 Å². The van der Waals surface area contributed by atoms with Gasteiger partial charge in [0.15, 0.2) is 0 Å². The van der Waals surface area contributed by atoms with Crippen molar-refractivity contribution in [2.24, 2.45) is 0 Å². The minimum atomic E-state index is -0.266. The normalized spacial score (nSPS) is 12.3. The van der Waals surface area contributed by atoms with Gasteiger partial charge in [-0.25, -0.2) is 0 Å². The lowest BCUT2D eigenvalue weighted by atomic mass is 9.80. The molecule has 0 atom stereocenters. The van der Waals surface area contributed by atoms with Crippen LogP contribution in [-0.2, 0) is 0 Å². The fourth-order valence-electron chi connectivity index (χ4n) is 9.11. The molecule has 11 aromatic carbocycles. The van der Waals surface area contributed by atoms with Crippen LogP contribution in [0.4, 0.5) is 0 Å². The third-order valence-electron chi connectivity index (χ3n) is 11.8. The lowest BCUT2D eigenvalue weighted by Crippen LogP contribution is -1.96. The first-order valence-corrected chi connectivity index (χ1v) is 20.4. The molecule has 0 heterocycles. The Morgan fingerprint density at radius 2 is 0.683 bits per heavy atom. The molecule has 0 heteroatoms. The van der Waals surface area contributed by atoms with Crippen molar-refractivity contribution in [1.29, 1.82) is 0 Å². The van der Waals surface area contributed by atoms with E-state index in [2.05, 4.69) is 176 Å². The maximum Gasteiger partial charge on any atom is 0.0629 e. The summed E-state index contributed by atoms with van der Waals surface area (Å²) in [6.07, 6.45) is 0. The Labute approximate surface area is 356 Å². The van der Waals surface area contributed by atoms with Crippen molar-refractivity contribution in [2.45, 2.75) is 0 Å². The average molecular weight is 765 g/mol. The monoisotopic (exact) mass is 764 g/mol. The van der Waals surface area contributed by atoms with Crippen LogP contribution in [0, 0.1) is 0 Å². The third kappa shape index (κ3) is 6.18. The quantitative estimate of drug-likeness (QED) is 0.142. The van der Waals surface area contributed by atoms with Crippen molar-refractivity contribution in [2.75, 3.05) is 0 Å². The van der Waals surface area contributed by atoms with Crippen LogP contribution >= 0.6 is 0 Å². The van der Waals surface area contributed by atoms with Crippen molar-refractivity contribution in [3.63, 3.8) is 0 Å². The van der Waals surface area contributed by atoms with Gasteiger partial charge in [-0.15, -0.1) is 0 Å². The molecule has 0 aromatic heterocycles. The number of benzene rings is 11. The number of hydrogen-bond acceptors (Lipinski definition) is 0. The van der Waals surface area contributed by atoms with Crippen molar-refractivity contribution in [3.8, 4) is 77.9 Å². The largest absolute Gasteiger partial charge is 0.0629 e. The Morgan fingerprint density at radius 1 is 0.233 bits per heavy atom. The minimum Gasteiger partial charge on any atom is -0.0622 e. The van der Waals surface area contributed by atoms with E-state index in [0.717, 1.165) is 99.4 Å². The second-order valence-electron chi connectivity index (χ2n) is 15.2. The van der Waals surface area contributed by atoms with Gasteiger partial charge >= 0.3 is 0 Å². The van der Waals surface area contributed by atoms with Gasteiger partial charge in [-0.3, -0.25) is 0 Å². The molecule has 0 spiro atoms. The Morgan fingerprint density at radius 3 is 1.37 bits per heavy atom. The fourth-order valence-corrected chi connectivity index (χ4v) is 9.11. The van der Waals surface area contributed by atoms with Crippen LogP contribution in [0.2, 0.25) is 0 Å². The standard InChI is InChI=1S/C60H40/c1-4-19-41(20-5-1)48-30-12-13-31-50(48)46-37-38-56-57(40-46)60(59-52(43-21-6-2-7-22-43)35-18-36-53(59)44-23-8-3-9-24-44)55-33-15-14-32-54(55)58(56)47-28-16-27-45(39-47)51-34-17-26-42-25-10-11-29-49(42)51/h1-40H/i14D,15D,32D,33D. The first-order chi connectivity index (χ1) is 31.5. The molecular formula is C60H40. The summed E-state index contributed by atoms with van der Waals surface area (Å²) in [5.74, 6) is 0. The summed E-state index contributed by atoms with van der Waals surface area (Å²) in [6.45, 7) is 0. The summed E-state index contributed by atoms with van der Waals surface area (Å²) in [7, 11) is 0. The van der Waals surface area contributed by atoms with E-state index in [4.69, 9.17) is 0 Å². The van der Waals surface area contributed by atoms with Crippen LogP contribution in [0.15, 0.2) is 243 Å². The molecule has 0 bridgehead atoms. The smallest absolute Gasteiger partial charge is 0.0622 e. The predicted octanol–water partition coefficient (Wildman–Crippen LogP) is 16.8. The molecule has 0 saturated carbocycles. The minimum absolute atomic E-state index is 0.0679. The molecule has 0 amide bonds. The van der Waals surface area contributed by atoms with Gasteiger partial charge in [0, 0.05) is 0 Å². The summed E-state index contributed by atoms with van der Waals surface area (Å²) in [6, 6.07) is 75.1. The highest BCUT2D eigenvalue weighted by Gasteiger charge is 2.23. The first kappa shape index (κ1) is 31.2. The predicted molar refractivity (Wildman–Crippen MR) is 257 cm³/mol. The lowest BCUT2D eigenvalue weighted by molar-refractivity contribution is 1.57. The van der Waals surface area contributed by atoms with E-state index in [0.29, 0.717) is 10.8 Å². The molecule has 280 valence electrons. The molecule has 0 aliphatic heterocycles. The van der Waals surface area contributed by atoms with Gasteiger partial charge in [0.1, 0.15) is 0 Å². The SMILES string of the molecule is [2H]c1c([2H])c([2H])c2c(-c3c(-c4ccccc4)cccc3-c3ccccc3)c3cc(-c4ccccc4-c4ccccc4)ccc3c(-c3cccc(-c4cccc5ccccc45)c3)c2c1[2H]. The van der Waals surface area contributed by atoms with Crippen molar-refractivity contribution < 1.29 is 5.48 Å². The van der Waals surface area contributed by atoms with E-state index in [1.807, 2.05) is 42.5 Å². The Kier molecular flexibility index (Phi) is 7.90. The van der Waals surface area contributed by atoms with E-state index >= 15 is 0 Å². The second-order valence-corrected chi connectivity index (χ2v) is 15.2. The van der Waals surface area contributed by atoms with E-state index in [9.17, 15) is 5.48 Å². The van der Waals surface area contributed by atoms with Crippen LogP contribution in [0.25, 0.3) is 110 Å². The zero-order valence-corrected chi connectivity index (χ0v) is 32.8. The topological polar surface area (TPSA) is 0 Å². The molecule has 0 aliphatic rings. The summed E-state index contributed by atoms with van der Waals surface area (Å²) < 4.78 is 38.2. The van der Waals surface area contributed by atoms with Gasteiger partial charge in [-0.1, -0.05) is 230 Å². The number of fused-ring (bicyclic) bond motifs is 3. The van der Waals surface area contributed by atoms with E-state index in [1.165, 1.54) is 0 Å². The van der Waals surface area contributed by atoms with Crippen LogP contribution in [0.1, 0.15) is 5.48 Å². The van der Waals surface area contributed by atoms with Gasteiger partial charge in [0.05, 0.1) is 5.48 Å². The maximum absolute atomic E-state index is 9.94. The Bertz CT molecular complexity index is 3520. The summed E-state index contributed by atoms with van der Waals surface area (Å²) >= 11 is 0.